The lowest BCUT2D eigenvalue weighted by molar-refractivity contribution is -0.145. The lowest BCUT2D eigenvalue weighted by Gasteiger charge is -2.34. The maximum absolute atomic E-state index is 12.0. The van der Waals surface area contributed by atoms with Gasteiger partial charge < -0.3 is 24.6 Å². The molecule has 7 nitrogen and oxygen atoms in total. The summed E-state index contributed by atoms with van der Waals surface area (Å²) < 4.78 is 17.0. The van der Waals surface area contributed by atoms with Crippen molar-refractivity contribution in [3.8, 4) is 16.9 Å². The zero-order valence-corrected chi connectivity index (χ0v) is 18.3. The Balaban J connectivity index is 1.68. The highest BCUT2D eigenvalue weighted by atomic mass is 35.5. The number of rotatable bonds is 9. The normalized spacial score (nSPS) is 17.9. The zero-order chi connectivity index (χ0) is 21.8. The van der Waals surface area contributed by atoms with Crippen molar-refractivity contribution >= 4 is 23.4 Å². The summed E-state index contributed by atoms with van der Waals surface area (Å²) in [6, 6.07) is 7.51. The summed E-state index contributed by atoms with van der Waals surface area (Å²) >= 11 is 6.63. The van der Waals surface area contributed by atoms with Gasteiger partial charge in [-0.2, -0.15) is 0 Å². The molecule has 1 saturated carbocycles. The van der Waals surface area contributed by atoms with E-state index in [0.717, 1.165) is 29.5 Å². The monoisotopic (exact) mass is 446 g/mol. The van der Waals surface area contributed by atoms with Crippen LogP contribution >= 0.6 is 11.6 Å². The van der Waals surface area contributed by atoms with Gasteiger partial charge in [-0.15, -0.1) is 0 Å². The number of benzene rings is 1. The van der Waals surface area contributed by atoms with Crippen LogP contribution < -0.4 is 10.1 Å². The van der Waals surface area contributed by atoms with E-state index in [0.29, 0.717) is 55.9 Å². The molecule has 8 heteroatoms. The summed E-state index contributed by atoms with van der Waals surface area (Å²) in [5, 5.41) is 13.5. The maximum atomic E-state index is 12.0. The fourth-order valence-electron chi connectivity index (χ4n) is 3.71. The van der Waals surface area contributed by atoms with Crippen LogP contribution in [-0.4, -0.2) is 47.5 Å². The van der Waals surface area contributed by atoms with Crippen LogP contribution in [0.2, 0.25) is 5.02 Å². The first kappa shape index (κ1) is 21.9. The number of ether oxygens (including phenoxy) is 3. The maximum Gasteiger partial charge on any atom is 0.329 e. The predicted octanol–water partition coefficient (Wildman–Crippen LogP) is 4.53. The van der Waals surface area contributed by atoms with Gasteiger partial charge in [-0.25, -0.2) is 9.78 Å². The molecule has 1 aromatic carbocycles. The van der Waals surface area contributed by atoms with Gasteiger partial charge in [-0.3, -0.25) is 0 Å². The number of halogens is 1. The Kier molecular flexibility index (Phi) is 6.65. The van der Waals surface area contributed by atoms with Crippen molar-refractivity contribution in [3.63, 3.8) is 0 Å². The number of hydrogen-bond acceptors (Lipinski definition) is 6. The quantitative estimate of drug-likeness (QED) is 0.585. The molecule has 2 aromatic rings. The van der Waals surface area contributed by atoms with Gasteiger partial charge in [-0.1, -0.05) is 23.7 Å². The highest BCUT2D eigenvalue weighted by molar-refractivity contribution is 6.34. The molecule has 0 bridgehead atoms. The van der Waals surface area contributed by atoms with Crippen molar-refractivity contribution in [1.29, 1.82) is 0 Å². The molecule has 0 amide bonds. The number of carboxylic acid groups (broad SMARTS) is 1. The number of carboxylic acids is 1. The van der Waals surface area contributed by atoms with Crippen LogP contribution in [0.1, 0.15) is 38.2 Å². The van der Waals surface area contributed by atoms with E-state index in [1.165, 1.54) is 0 Å². The Hall–Kier alpha value is -2.35. The van der Waals surface area contributed by atoms with E-state index in [9.17, 15) is 9.90 Å². The third-order valence-corrected chi connectivity index (χ3v) is 6.05. The van der Waals surface area contributed by atoms with Gasteiger partial charge in [0.25, 0.3) is 0 Å². The third kappa shape index (κ3) is 4.95. The first-order valence-corrected chi connectivity index (χ1v) is 11.0. The van der Waals surface area contributed by atoms with Gasteiger partial charge in [0.15, 0.2) is 0 Å². The molecule has 1 aromatic heterocycles. The van der Waals surface area contributed by atoms with Crippen molar-refractivity contribution < 1.29 is 24.1 Å². The van der Waals surface area contributed by atoms with E-state index >= 15 is 0 Å². The fraction of sp³-hybridized carbons (Fsp3) is 0.478. The molecular weight excluding hydrogens is 420 g/mol. The minimum absolute atomic E-state index is 0.281. The van der Waals surface area contributed by atoms with E-state index in [4.69, 9.17) is 25.8 Å². The minimum atomic E-state index is -1.09. The van der Waals surface area contributed by atoms with Crippen LogP contribution in [0.3, 0.4) is 0 Å². The molecule has 0 unspecified atom stereocenters. The number of aromatic nitrogens is 1. The van der Waals surface area contributed by atoms with Crippen LogP contribution in [0.4, 0.5) is 5.82 Å². The van der Waals surface area contributed by atoms with Crippen LogP contribution in [0, 0.1) is 0 Å². The van der Waals surface area contributed by atoms with Gasteiger partial charge in [0, 0.05) is 43.4 Å². The minimum Gasteiger partial charge on any atom is -0.492 e. The zero-order valence-electron chi connectivity index (χ0n) is 17.5. The number of nitrogens with one attached hydrogen (secondary N) is 1. The lowest BCUT2D eigenvalue weighted by atomic mass is 9.90. The van der Waals surface area contributed by atoms with E-state index < -0.39 is 11.5 Å². The van der Waals surface area contributed by atoms with Crippen molar-refractivity contribution in [1.82, 2.24) is 4.98 Å². The van der Waals surface area contributed by atoms with Gasteiger partial charge in [0.1, 0.15) is 17.1 Å². The van der Waals surface area contributed by atoms with E-state index in [-0.39, 0.29) is 6.10 Å². The van der Waals surface area contributed by atoms with Crippen molar-refractivity contribution in [2.45, 2.75) is 50.9 Å². The third-order valence-electron chi connectivity index (χ3n) is 5.66. The molecule has 1 aliphatic heterocycles. The fourth-order valence-corrected chi connectivity index (χ4v) is 4.00. The van der Waals surface area contributed by atoms with Crippen molar-refractivity contribution in [3.05, 3.63) is 41.0 Å². The predicted molar refractivity (Wildman–Crippen MR) is 118 cm³/mol. The number of hydrogen-bond donors (Lipinski definition) is 2. The summed E-state index contributed by atoms with van der Waals surface area (Å²) in [5.74, 6) is 0.217. The van der Waals surface area contributed by atoms with Crippen LogP contribution in [-0.2, 0) is 20.9 Å². The van der Waals surface area contributed by atoms with E-state index in [1.807, 2.05) is 31.2 Å². The molecule has 1 saturated heterocycles. The number of carbonyl (C=O) groups is 1. The molecule has 166 valence electrons. The molecule has 4 rings (SSSR count). The topological polar surface area (TPSA) is 89.9 Å². The second kappa shape index (κ2) is 9.42. The first-order valence-electron chi connectivity index (χ1n) is 10.6. The van der Waals surface area contributed by atoms with E-state index in [2.05, 4.69) is 10.3 Å². The molecule has 31 heavy (non-hydrogen) atoms. The second-order valence-corrected chi connectivity index (χ2v) is 8.29. The molecule has 0 spiro atoms. The standard InChI is InChI=1S/C23H27ClN2O5/c1-2-30-19-5-3-4-17(21(19)24)18-13-25-20(12-15(18)14-31-16-6-7-16)26-23(22(27)28)8-10-29-11-9-23/h3-5,12-13,16H,2,6-11,14H2,1H3,(H,25,26)(H,27,28). The molecule has 2 heterocycles. The largest absolute Gasteiger partial charge is 0.492 e. The highest BCUT2D eigenvalue weighted by Crippen LogP contribution is 2.38. The van der Waals surface area contributed by atoms with Crippen LogP contribution in [0.25, 0.3) is 11.1 Å². The van der Waals surface area contributed by atoms with Gasteiger partial charge in [0.2, 0.25) is 0 Å². The second-order valence-electron chi connectivity index (χ2n) is 7.91. The molecule has 2 fully saturated rings. The Morgan fingerprint density at radius 2 is 2.10 bits per heavy atom. The summed E-state index contributed by atoms with van der Waals surface area (Å²) in [6.45, 7) is 3.62. The molecule has 0 atom stereocenters. The number of pyridine rings is 1. The van der Waals surface area contributed by atoms with Crippen LogP contribution in [0.5, 0.6) is 5.75 Å². The Labute approximate surface area is 186 Å². The summed E-state index contributed by atoms with van der Waals surface area (Å²) in [4.78, 5) is 16.5. The first-order chi connectivity index (χ1) is 15.0. The van der Waals surface area contributed by atoms with Gasteiger partial charge in [0.05, 0.1) is 24.3 Å². The van der Waals surface area contributed by atoms with Gasteiger partial charge >= 0.3 is 5.97 Å². The van der Waals surface area contributed by atoms with E-state index in [1.54, 1.807) is 6.20 Å². The molecule has 0 radical (unpaired) electrons. The number of anilines is 1. The summed E-state index contributed by atoms with van der Waals surface area (Å²) in [6.07, 6.45) is 4.88. The van der Waals surface area contributed by atoms with Crippen molar-refractivity contribution in [2.24, 2.45) is 0 Å². The van der Waals surface area contributed by atoms with Crippen LogP contribution in [0.15, 0.2) is 30.5 Å². The average Bonchev–Trinajstić information content (AvgIpc) is 3.59. The summed E-state index contributed by atoms with van der Waals surface area (Å²) in [7, 11) is 0. The molecule has 2 N–H and O–H groups in total. The SMILES string of the molecule is CCOc1cccc(-c2cnc(NC3(C(=O)O)CCOCC3)cc2COC2CC2)c1Cl. The molecular formula is C23H27ClN2O5. The van der Waals surface area contributed by atoms with Gasteiger partial charge in [-0.05, 0) is 37.5 Å². The Morgan fingerprint density at radius 1 is 1.32 bits per heavy atom. The van der Waals surface area contributed by atoms with Crippen molar-refractivity contribution in [2.75, 3.05) is 25.1 Å². The number of aliphatic carboxylic acids is 1. The average molecular weight is 447 g/mol. The highest BCUT2D eigenvalue weighted by Gasteiger charge is 2.40. The smallest absolute Gasteiger partial charge is 0.329 e. The summed E-state index contributed by atoms with van der Waals surface area (Å²) in [5.41, 5.74) is 1.45. The lowest BCUT2D eigenvalue weighted by Crippen LogP contribution is -2.50. The Bertz CT molecular complexity index is 942. The molecule has 1 aliphatic carbocycles. The molecule has 2 aliphatic rings. The Morgan fingerprint density at radius 3 is 2.77 bits per heavy atom. The number of nitrogens with zero attached hydrogens (tertiary/aromatic N) is 1.